The Kier molecular flexibility index (Phi) is 3.90. The molecule has 24 heavy (non-hydrogen) atoms. The topological polar surface area (TPSA) is 21.8 Å². The minimum atomic E-state index is -1.66. The van der Waals surface area contributed by atoms with E-state index in [0.29, 0.717) is 12.0 Å². The standard InChI is InChI=1S/C21H26O2Si/c1-20(2,3)18-14-19-21(18,23-19)15-22-24(16-10-6-4-7-11-16)17-12-8-5-9-13-17/h4-13,18-19,24H,14-15H2,1-3H3/t18-,19?,21-/m1/s1. The maximum Gasteiger partial charge on any atom is 0.240 e. The van der Waals surface area contributed by atoms with Crippen LogP contribution >= 0.6 is 0 Å². The Hall–Kier alpha value is -1.42. The molecule has 2 nitrogen and oxygen atoms in total. The summed E-state index contributed by atoms with van der Waals surface area (Å²) in [6.07, 6.45) is 1.62. The number of ether oxygens (including phenoxy) is 1. The van der Waals surface area contributed by atoms with E-state index in [1.807, 2.05) is 0 Å². The fourth-order valence-electron chi connectivity index (χ4n) is 4.21. The number of benzene rings is 2. The second-order valence-corrected chi connectivity index (χ2v) is 10.7. The molecule has 1 saturated heterocycles. The third-order valence-electron chi connectivity index (χ3n) is 5.61. The van der Waals surface area contributed by atoms with Gasteiger partial charge in [0.2, 0.25) is 9.04 Å². The lowest BCUT2D eigenvalue weighted by Gasteiger charge is -2.41. The van der Waals surface area contributed by atoms with Crippen LogP contribution in [0.5, 0.6) is 0 Å². The van der Waals surface area contributed by atoms with E-state index in [2.05, 4.69) is 81.4 Å². The Labute approximate surface area is 146 Å². The Morgan fingerprint density at radius 1 is 1.00 bits per heavy atom. The van der Waals surface area contributed by atoms with Gasteiger partial charge in [-0.1, -0.05) is 81.4 Å². The van der Waals surface area contributed by atoms with Crippen LogP contribution in [0.4, 0.5) is 0 Å². The van der Waals surface area contributed by atoms with Crippen LogP contribution in [-0.2, 0) is 9.16 Å². The highest BCUT2D eigenvalue weighted by molar-refractivity contribution is 6.80. The molecule has 1 saturated carbocycles. The zero-order valence-corrected chi connectivity index (χ0v) is 15.9. The molecule has 1 aliphatic carbocycles. The molecule has 0 spiro atoms. The van der Waals surface area contributed by atoms with Gasteiger partial charge >= 0.3 is 0 Å². The van der Waals surface area contributed by atoms with Gasteiger partial charge in [-0.15, -0.1) is 0 Å². The normalized spacial score (nSPS) is 28.3. The van der Waals surface area contributed by atoms with Crippen LogP contribution in [0.15, 0.2) is 60.7 Å². The number of fused-ring (bicyclic) bond motifs is 1. The molecular formula is C21H26O2Si. The highest BCUT2D eigenvalue weighted by Gasteiger charge is 2.72. The third kappa shape index (κ3) is 2.75. The molecule has 0 aromatic heterocycles. The smallest absolute Gasteiger partial charge is 0.240 e. The van der Waals surface area contributed by atoms with Crippen LogP contribution in [0.1, 0.15) is 27.2 Å². The molecule has 0 radical (unpaired) electrons. The lowest BCUT2D eigenvalue weighted by Crippen LogP contribution is -2.52. The van der Waals surface area contributed by atoms with E-state index in [9.17, 15) is 0 Å². The van der Waals surface area contributed by atoms with Crippen molar-refractivity contribution in [3.05, 3.63) is 60.7 Å². The molecule has 2 fully saturated rings. The van der Waals surface area contributed by atoms with Gasteiger partial charge in [0.15, 0.2) is 0 Å². The van der Waals surface area contributed by atoms with E-state index >= 15 is 0 Å². The van der Waals surface area contributed by atoms with Gasteiger partial charge in [0.1, 0.15) is 5.60 Å². The van der Waals surface area contributed by atoms with Crippen LogP contribution in [0.3, 0.4) is 0 Å². The van der Waals surface area contributed by atoms with Crippen molar-refractivity contribution in [2.45, 2.75) is 38.9 Å². The van der Waals surface area contributed by atoms with Crippen molar-refractivity contribution in [3.63, 3.8) is 0 Å². The van der Waals surface area contributed by atoms with Crippen molar-refractivity contribution in [2.75, 3.05) is 6.61 Å². The van der Waals surface area contributed by atoms with Gasteiger partial charge in [-0.3, -0.25) is 0 Å². The fourth-order valence-corrected chi connectivity index (χ4v) is 6.55. The first kappa shape index (κ1) is 16.1. The molecule has 2 aromatic rings. The molecule has 2 aromatic carbocycles. The monoisotopic (exact) mass is 338 g/mol. The van der Waals surface area contributed by atoms with Crippen molar-refractivity contribution >= 4 is 19.4 Å². The van der Waals surface area contributed by atoms with E-state index in [-0.39, 0.29) is 11.0 Å². The van der Waals surface area contributed by atoms with Crippen LogP contribution in [0.25, 0.3) is 0 Å². The van der Waals surface area contributed by atoms with Crippen molar-refractivity contribution in [1.29, 1.82) is 0 Å². The van der Waals surface area contributed by atoms with Crippen LogP contribution in [-0.4, -0.2) is 27.4 Å². The summed E-state index contributed by atoms with van der Waals surface area (Å²) in [7, 11) is -1.66. The average molecular weight is 339 g/mol. The van der Waals surface area contributed by atoms with E-state index in [0.717, 1.165) is 6.61 Å². The van der Waals surface area contributed by atoms with Crippen LogP contribution in [0.2, 0.25) is 0 Å². The first-order chi connectivity index (χ1) is 11.5. The van der Waals surface area contributed by atoms with Gasteiger partial charge in [-0.2, -0.15) is 0 Å². The number of hydrogen-bond donors (Lipinski definition) is 0. The summed E-state index contributed by atoms with van der Waals surface area (Å²) in [5.41, 5.74) is 0.278. The van der Waals surface area contributed by atoms with Crippen molar-refractivity contribution < 1.29 is 9.16 Å². The molecule has 3 atom stereocenters. The molecule has 1 aliphatic heterocycles. The quantitative estimate of drug-likeness (QED) is 0.618. The summed E-state index contributed by atoms with van der Waals surface area (Å²) in [6, 6.07) is 21.4. The summed E-state index contributed by atoms with van der Waals surface area (Å²) in [6.45, 7) is 7.70. The van der Waals surface area contributed by atoms with E-state index in [1.54, 1.807) is 0 Å². The molecule has 3 heteroatoms. The van der Waals surface area contributed by atoms with E-state index < -0.39 is 9.04 Å². The molecule has 2 aliphatic rings. The third-order valence-corrected chi connectivity index (χ3v) is 8.10. The van der Waals surface area contributed by atoms with Gasteiger partial charge in [-0.25, -0.2) is 0 Å². The molecule has 1 unspecified atom stereocenters. The predicted molar refractivity (Wildman–Crippen MR) is 100 cm³/mol. The van der Waals surface area contributed by atoms with Gasteiger partial charge in [0.25, 0.3) is 0 Å². The maximum absolute atomic E-state index is 6.60. The van der Waals surface area contributed by atoms with Gasteiger partial charge in [0.05, 0.1) is 12.7 Å². The second kappa shape index (κ2) is 5.83. The largest absolute Gasteiger partial charge is 0.408 e. The Balaban J connectivity index is 1.54. The molecule has 4 rings (SSSR count). The first-order valence-electron chi connectivity index (χ1n) is 8.90. The molecule has 1 heterocycles. The highest BCUT2D eigenvalue weighted by atomic mass is 28.3. The van der Waals surface area contributed by atoms with Crippen LogP contribution < -0.4 is 10.4 Å². The molecule has 0 bridgehead atoms. The summed E-state index contributed by atoms with van der Waals surface area (Å²) < 4.78 is 12.7. The minimum Gasteiger partial charge on any atom is -0.408 e. The maximum atomic E-state index is 6.60. The lowest BCUT2D eigenvalue weighted by molar-refractivity contribution is 0.0547. The Bertz CT molecular complexity index is 655. The first-order valence-corrected chi connectivity index (χ1v) is 10.5. The van der Waals surface area contributed by atoms with Crippen LogP contribution in [0, 0.1) is 11.3 Å². The highest BCUT2D eigenvalue weighted by Crippen LogP contribution is 2.63. The van der Waals surface area contributed by atoms with Gasteiger partial charge in [0, 0.05) is 5.92 Å². The summed E-state index contributed by atoms with van der Waals surface area (Å²) in [5, 5.41) is 2.67. The fraction of sp³-hybridized carbons (Fsp3) is 0.429. The van der Waals surface area contributed by atoms with Crippen molar-refractivity contribution in [2.24, 2.45) is 11.3 Å². The Morgan fingerprint density at radius 3 is 1.96 bits per heavy atom. The molecule has 126 valence electrons. The average Bonchev–Trinajstić information content (AvgIpc) is 3.11. The molecule has 0 amide bonds. The van der Waals surface area contributed by atoms with E-state index in [1.165, 1.54) is 16.8 Å². The minimum absolute atomic E-state index is 0.00688. The zero-order chi connectivity index (χ0) is 16.8. The number of rotatable bonds is 5. The SMILES string of the molecule is CC(C)(C)[C@H]1CC2O[C@@]21CO[SiH](c1ccccc1)c1ccccc1. The Morgan fingerprint density at radius 2 is 1.54 bits per heavy atom. The van der Waals surface area contributed by atoms with Crippen molar-refractivity contribution in [3.8, 4) is 0 Å². The summed E-state index contributed by atoms with van der Waals surface area (Å²) in [4.78, 5) is 0. The second-order valence-electron chi connectivity index (χ2n) is 8.23. The number of epoxide rings is 1. The van der Waals surface area contributed by atoms with E-state index in [4.69, 9.17) is 9.16 Å². The molecular weight excluding hydrogens is 312 g/mol. The summed E-state index contributed by atoms with van der Waals surface area (Å²) >= 11 is 0. The van der Waals surface area contributed by atoms with Gasteiger partial charge in [-0.05, 0) is 22.2 Å². The number of hydrogen-bond acceptors (Lipinski definition) is 2. The molecule has 0 N–H and O–H groups in total. The zero-order valence-electron chi connectivity index (χ0n) is 14.7. The van der Waals surface area contributed by atoms with Gasteiger partial charge < -0.3 is 9.16 Å². The summed E-state index contributed by atoms with van der Waals surface area (Å²) in [5.74, 6) is 0.608. The van der Waals surface area contributed by atoms with Crippen molar-refractivity contribution in [1.82, 2.24) is 0 Å². The lowest BCUT2D eigenvalue weighted by atomic mass is 9.61. The predicted octanol–water partition coefficient (Wildman–Crippen LogP) is 2.74.